The molecule has 1 aromatic rings. The number of likely N-dealkylation sites (tertiary alicyclic amines) is 1. The molecule has 0 aromatic carbocycles. The second-order valence-corrected chi connectivity index (χ2v) is 7.02. The van der Waals surface area contributed by atoms with Gasteiger partial charge in [0, 0.05) is 44.5 Å². The SMILES string of the molecule is CC1CN(Cc2ccc(CNC3CC3)cn2)CC1N(C)C. The third-order valence-corrected chi connectivity index (χ3v) is 4.76. The first-order chi connectivity index (χ1) is 10.1. The molecule has 2 fully saturated rings. The van der Waals surface area contributed by atoms with Gasteiger partial charge in [0.05, 0.1) is 5.69 Å². The molecular formula is C17H28N4. The van der Waals surface area contributed by atoms with E-state index in [4.69, 9.17) is 0 Å². The van der Waals surface area contributed by atoms with Crippen molar-refractivity contribution in [1.29, 1.82) is 0 Å². The normalized spacial score (nSPS) is 26.7. The number of nitrogens with one attached hydrogen (secondary N) is 1. The molecule has 21 heavy (non-hydrogen) atoms. The summed E-state index contributed by atoms with van der Waals surface area (Å²) in [6.07, 6.45) is 4.71. The lowest BCUT2D eigenvalue weighted by Gasteiger charge is -2.22. The van der Waals surface area contributed by atoms with E-state index in [1.807, 2.05) is 6.20 Å². The van der Waals surface area contributed by atoms with Crippen LogP contribution in [-0.4, -0.2) is 54.1 Å². The van der Waals surface area contributed by atoms with Crippen molar-refractivity contribution in [3.05, 3.63) is 29.6 Å². The van der Waals surface area contributed by atoms with Crippen molar-refractivity contribution < 1.29 is 0 Å². The van der Waals surface area contributed by atoms with Crippen LogP contribution in [0.2, 0.25) is 0 Å². The van der Waals surface area contributed by atoms with Crippen molar-refractivity contribution in [2.75, 3.05) is 27.2 Å². The van der Waals surface area contributed by atoms with Crippen LogP contribution < -0.4 is 5.32 Å². The molecule has 0 spiro atoms. The van der Waals surface area contributed by atoms with Crippen LogP contribution in [0.1, 0.15) is 31.0 Å². The third kappa shape index (κ3) is 4.02. The number of nitrogens with zero attached hydrogens (tertiary/aromatic N) is 3. The van der Waals surface area contributed by atoms with E-state index in [1.165, 1.54) is 30.6 Å². The number of aromatic nitrogens is 1. The average molecular weight is 288 g/mol. The molecule has 2 unspecified atom stereocenters. The predicted octanol–water partition coefficient (Wildman–Crippen LogP) is 1.72. The number of likely N-dealkylation sites (N-methyl/N-ethyl adjacent to an activating group) is 1. The number of pyridine rings is 1. The molecule has 2 heterocycles. The van der Waals surface area contributed by atoms with Crippen LogP contribution in [0.15, 0.2) is 18.3 Å². The highest BCUT2D eigenvalue weighted by atomic mass is 15.2. The van der Waals surface area contributed by atoms with E-state index < -0.39 is 0 Å². The maximum absolute atomic E-state index is 4.64. The van der Waals surface area contributed by atoms with E-state index in [0.29, 0.717) is 6.04 Å². The van der Waals surface area contributed by atoms with E-state index in [-0.39, 0.29) is 0 Å². The maximum atomic E-state index is 4.64. The molecule has 1 aliphatic heterocycles. The first-order valence-electron chi connectivity index (χ1n) is 8.18. The summed E-state index contributed by atoms with van der Waals surface area (Å²) >= 11 is 0. The van der Waals surface area contributed by atoms with E-state index in [2.05, 4.69) is 53.3 Å². The van der Waals surface area contributed by atoms with Gasteiger partial charge in [0.1, 0.15) is 0 Å². The first-order valence-corrected chi connectivity index (χ1v) is 8.18. The molecule has 116 valence electrons. The van der Waals surface area contributed by atoms with Crippen molar-refractivity contribution in [3.8, 4) is 0 Å². The molecule has 1 saturated heterocycles. The molecule has 2 atom stereocenters. The second kappa shape index (κ2) is 6.42. The van der Waals surface area contributed by atoms with Crippen molar-refractivity contribution in [2.45, 2.75) is 44.9 Å². The van der Waals surface area contributed by atoms with Crippen LogP contribution in [0.5, 0.6) is 0 Å². The van der Waals surface area contributed by atoms with Gasteiger partial charge < -0.3 is 10.2 Å². The zero-order chi connectivity index (χ0) is 14.8. The van der Waals surface area contributed by atoms with Gasteiger partial charge in [0.25, 0.3) is 0 Å². The van der Waals surface area contributed by atoms with Crippen LogP contribution in [0.25, 0.3) is 0 Å². The summed E-state index contributed by atoms with van der Waals surface area (Å²) in [4.78, 5) is 9.52. The van der Waals surface area contributed by atoms with Crippen LogP contribution in [0.4, 0.5) is 0 Å². The number of hydrogen-bond donors (Lipinski definition) is 1. The van der Waals surface area contributed by atoms with Gasteiger partial charge in [-0.3, -0.25) is 9.88 Å². The van der Waals surface area contributed by atoms with Crippen molar-refractivity contribution in [1.82, 2.24) is 20.1 Å². The van der Waals surface area contributed by atoms with Crippen LogP contribution in [-0.2, 0) is 13.1 Å². The van der Waals surface area contributed by atoms with E-state index in [0.717, 1.165) is 31.6 Å². The number of hydrogen-bond acceptors (Lipinski definition) is 4. The highest BCUT2D eigenvalue weighted by Crippen LogP contribution is 2.22. The second-order valence-electron chi connectivity index (χ2n) is 7.02. The largest absolute Gasteiger partial charge is 0.310 e. The molecule has 4 heteroatoms. The highest BCUT2D eigenvalue weighted by Gasteiger charge is 2.30. The Morgan fingerprint density at radius 2 is 2.10 bits per heavy atom. The Morgan fingerprint density at radius 1 is 1.29 bits per heavy atom. The Bertz CT molecular complexity index is 452. The molecule has 2 aliphatic rings. The molecule has 1 aromatic heterocycles. The Labute approximate surface area is 128 Å². The molecule has 1 N–H and O–H groups in total. The van der Waals surface area contributed by atoms with Gasteiger partial charge in [-0.05, 0) is 44.5 Å². The standard InChI is InChI=1S/C17H28N4/c1-13-10-21(12-17(13)20(2)3)11-16-5-4-14(9-19-16)8-18-15-6-7-15/h4-5,9,13,15,17-18H,6-8,10-12H2,1-3H3. The van der Waals surface area contributed by atoms with Crippen LogP contribution >= 0.6 is 0 Å². The third-order valence-electron chi connectivity index (χ3n) is 4.76. The minimum absolute atomic E-state index is 0.673. The van der Waals surface area contributed by atoms with E-state index in [1.54, 1.807) is 0 Å². The van der Waals surface area contributed by atoms with Crippen molar-refractivity contribution >= 4 is 0 Å². The summed E-state index contributed by atoms with van der Waals surface area (Å²) in [5, 5.41) is 3.53. The minimum atomic E-state index is 0.673. The zero-order valence-corrected chi connectivity index (χ0v) is 13.5. The lowest BCUT2D eigenvalue weighted by molar-refractivity contribution is 0.249. The Hall–Kier alpha value is -0.970. The maximum Gasteiger partial charge on any atom is 0.0544 e. The van der Waals surface area contributed by atoms with E-state index >= 15 is 0 Å². The summed E-state index contributed by atoms with van der Waals surface area (Å²) in [6, 6.07) is 5.85. The number of rotatable bonds is 6. The summed E-state index contributed by atoms with van der Waals surface area (Å²) in [5.74, 6) is 0.738. The van der Waals surface area contributed by atoms with Gasteiger partial charge >= 0.3 is 0 Å². The molecule has 4 nitrogen and oxygen atoms in total. The molecule has 3 rings (SSSR count). The van der Waals surface area contributed by atoms with Gasteiger partial charge in [-0.1, -0.05) is 13.0 Å². The first kappa shape index (κ1) is 14.9. The fraction of sp³-hybridized carbons (Fsp3) is 0.706. The minimum Gasteiger partial charge on any atom is -0.310 e. The topological polar surface area (TPSA) is 31.4 Å². The molecular weight excluding hydrogens is 260 g/mol. The zero-order valence-electron chi connectivity index (χ0n) is 13.5. The van der Waals surface area contributed by atoms with E-state index in [9.17, 15) is 0 Å². The quantitative estimate of drug-likeness (QED) is 0.863. The lowest BCUT2D eigenvalue weighted by atomic mass is 10.1. The molecule has 0 bridgehead atoms. The van der Waals surface area contributed by atoms with Gasteiger partial charge in [0.2, 0.25) is 0 Å². The van der Waals surface area contributed by atoms with Crippen LogP contribution in [0, 0.1) is 5.92 Å². The smallest absolute Gasteiger partial charge is 0.0544 e. The summed E-state index contributed by atoms with van der Waals surface area (Å²) in [7, 11) is 4.37. The average Bonchev–Trinajstić information content (AvgIpc) is 3.21. The summed E-state index contributed by atoms with van der Waals surface area (Å²) < 4.78 is 0. The van der Waals surface area contributed by atoms with Gasteiger partial charge in [-0.15, -0.1) is 0 Å². The monoisotopic (exact) mass is 288 g/mol. The van der Waals surface area contributed by atoms with Crippen LogP contribution in [0.3, 0.4) is 0 Å². The molecule has 0 radical (unpaired) electrons. The predicted molar refractivity (Wildman–Crippen MR) is 86.0 cm³/mol. The Balaban J connectivity index is 1.50. The highest BCUT2D eigenvalue weighted by molar-refractivity contribution is 5.14. The summed E-state index contributed by atoms with van der Waals surface area (Å²) in [6.45, 7) is 6.62. The summed E-state index contributed by atoms with van der Waals surface area (Å²) in [5.41, 5.74) is 2.49. The Morgan fingerprint density at radius 3 is 2.67 bits per heavy atom. The van der Waals surface area contributed by atoms with Crippen molar-refractivity contribution in [3.63, 3.8) is 0 Å². The fourth-order valence-corrected chi connectivity index (χ4v) is 3.28. The molecule has 1 saturated carbocycles. The van der Waals surface area contributed by atoms with Gasteiger partial charge in [-0.2, -0.15) is 0 Å². The molecule has 1 aliphatic carbocycles. The van der Waals surface area contributed by atoms with Gasteiger partial charge in [-0.25, -0.2) is 0 Å². The van der Waals surface area contributed by atoms with Crippen molar-refractivity contribution in [2.24, 2.45) is 5.92 Å². The molecule has 0 amide bonds. The fourth-order valence-electron chi connectivity index (χ4n) is 3.28. The lowest BCUT2D eigenvalue weighted by Crippen LogP contribution is -2.34. The van der Waals surface area contributed by atoms with Gasteiger partial charge in [0.15, 0.2) is 0 Å². The Kier molecular flexibility index (Phi) is 4.57.